The van der Waals surface area contributed by atoms with Gasteiger partial charge >= 0.3 is 6.03 Å². The molecule has 0 saturated carbocycles. The van der Waals surface area contributed by atoms with Gasteiger partial charge in [0, 0.05) is 19.6 Å². The quantitative estimate of drug-likeness (QED) is 0.836. The van der Waals surface area contributed by atoms with E-state index in [-0.39, 0.29) is 6.03 Å². The number of benzene rings is 2. The molecule has 6 nitrogen and oxygen atoms in total. The van der Waals surface area contributed by atoms with E-state index in [0.29, 0.717) is 26.3 Å². The minimum absolute atomic E-state index is 0.197. The van der Waals surface area contributed by atoms with E-state index in [1.807, 2.05) is 44.4 Å². The molecule has 26 heavy (non-hydrogen) atoms. The van der Waals surface area contributed by atoms with Crippen LogP contribution in [0, 0.1) is 0 Å². The Morgan fingerprint density at radius 3 is 2.15 bits per heavy atom. The van der Waals surface area contributed by atoms with Gasteiger partial charge in [0.1, 0.15) is 13.2 Å². The molecule has 0 saturated heterocycles. The molecule has 0 aliphatic carbocycles. The van der Waals surface area contributed by atoms with Crippen molar-refractivity contribution in [3.63, 3.8) is 0 Å². The van der Waals surface area contributed by atoms with E-state index in [4.69, 9.17) is 9.47 Å². The zero-order chi connectivity index (χ0) is 18.4. The normalized spacial score (nSPS) is 12.7. The Bertz CT molecular complexity index is 744. The number of amides is 2. The summed E-state index contributed by atoms with van der Waals surface area (Å²) in [6.45, 7) is 2.96. The highest BCUT2D eigenvalue weighted by molar-refractivity contribution is 5.73. The van der Waals surface area contributed by atoms with Gasteiger partial charge in [0.05, 0.1) is 0 Å². The third-order valence-electron chi connectivity index (χ3n) is 4.03. The second-order valence-corrected chi connectivity index (χ2v) is 6.57. The molecular formula is C20H25N3O3. The molecule has 1 aliphatic rings. The maximum atomic E-state index is 12.0. The summed E-state index contributed by atoms with van der Waals surface area (Å²) < 4.78 is 11.0. The van der Waals surface area contributed by atoms with Gasteiger partial charge in [-0.15, -0.1) is 0 Å². The molecule has 1 heterocycles. The molecule has 138 valence electrons. The lowest BCUT2D eigenvalue weighted by atomic mass is 10.1. The van der Waals surface area contributed by atoms with Gasteiger partial charge in [-0.1, -0.05) is 30.3 Å². The van der Waals surface area contributed by atoms with E-state index < -0.39 is 0 Å². The molecule has 0 atom stereocenters. The van der Waals surface area contributed by atoms with E-state index in [2.05, 4.69) is 27.7 Å². The predicted molar refractivity (Wildman–Crippen MR) is 100 cm³/mol. The average molecular weight is 355 g/mol. The van der Waals surface area contributed by atoms with Crippen molar-refractivity contribution in [2.45, 2.75) is 19.6 Å². The number of hydrogen-bond donors (Lipinski definition) is 2. The van der Waals surface area contributed by atoms with Gasteiger partial charge < -0.3 is 25.0 Å². The fourth-order valence-electron chi connectivity index (χ4n) is 2.75. The average Bonchev–Trinajstić information content (AvgIpc) is 2.65. The first-order chi connectivity index (χ1) is 12.6. The summed E-state index contributed by atoms with van der Waals surface area (Å²) in [4.78, 5) is 14.1. The Labute approximate surface area is 154 Å². The van der Waals surface area contributed by atoms with Gasteiger partial charge in [-0.25, -0.2) is 4.79 Å². The Balaban J connectivity index is 1.44. The van der Waals surface area contributed by atoms with Crippen LogP contribution in [0.1, 0.15) is 16.7 Å². The van der Waals surface area contributed by atoms with Crippen molar-refractivity contribution in [1.82, 2.24) is 15.5 Å². The molecule has 0 radical (unpaired) electrons. The van der Waals surface area contributed by atoms with Crippen molar-refractivity contribution in [3.05, 3.63) is 59.2 Å². The van der Waals surface area contributed by atoms with Crippen molar-refractivity contribution in [2.24, 2.45) is 0 Å². The fraction of sp³-hybridized carbons (Fsp3) is 0.350. The molecule has 0 unspecified atom stereocenters. The summed E-state index contributed by atoms with van der Waals surface area (Å²) in [6, 6.07) is 13.8. The highest BCUT2D eigenvalue weighted by atomic mass is 16.6. The Hall–Kier alpha value is -2.73. The lowest BCUT2D eigenvalue weighted by Gasteiger charge is -2.19. The molecule has 0 fully saturated rings. The van der Waals surface area contributed by atoms with Crippen LogP contribution in [-0.4, -0.2) is 38.2 Å². The summed E-state index contributed by atoms with van der Waals surface area (Å²) in [5, 5.41) is 5.74. The first-order valence-corrected chi connectivity index (χ1v) is 8.73. The van der Waals surface area contributed by atoms with Crippen molar-refractivity contribution in [3.8, 4) is 11.5 Å². The summed E-state index contributed by atoms with van der Waals surface area (Å²) in [7, 11) is 4.09. The highest BCUT2D eigenvalue weighted by Gasteiger charge is 2.12. The van der Waals surface area contributed by atoms with E-state index in [9.17, 15) is 4.79 Å². The molecule has 2 aromatic carbocycles. The second kappa shape index (κ2) is 8.58. The smallest absolute Gasteiger partial charge is 0.315 e. The first kappa shape index (κ1) is 18.1. The number of rotatable bonds is 6. The molecule has 2 N–H and O–H groups in total. The zero-order valence-electron chi connectivity index (χ0n) is 15.2. The first-order valence-electron chi connectivity index (χ1n) is 8.73. The fourth-order valence-corrected chi connectivity index (χ4v) is 2.75. The van der Waals surface area contributed by atoms with Crippen LogP contribution >= 0.6 is 0 Å². The van der Waals surface area contributed by atoms with Crippen LogP contribution < -0.4 is 20.1 Å². The van der Waals surface area contributed by atoms with Gasteiger partial charge in [-0.2, -0.15) is 0 Å². The van der Waals surface area contributed by atoms with E-state index in [1.165, 1.54) is 5.56 Å². The molecule has 0 bridgehead atoms. The van der Waals surface area contributed by atoms with Crippen LogP contribution in [0.4, 0.5) is 4.79 Å². The Morgan fingerprint density at radius 1 is 0.885 bits per heavy atom. The summed E-state index contributed by atoms with van der Waals surface area (Å²) >= 11 is 0. The Kier molecular flexibility index (Phi) is 5.96. The molecule has 1 aliphatic heterocycles. The minimum Gasteiger partial charge on any atom is -0.486 e. The zero-order valence-corrected chi connectivity index (χ0v) is 15.2. The SMILES string of the molecule is CN(C)Cc1ccc(CNC(=O)NCc2ccc3c(c2)OCCO3)cc1. The van der Waals surface area contributed by atoms with Crippen molar-refractivity contribution >= 4 is 6.03 Å². The van der Waals surface area contributed by atoms with Gasteiger partial charge in [0.15, 0.2) is 11.5 Å². The van der Waals surface area contributed by atoms with Crippen LogP contribution in [0.25, 0.3) is 0 Å². The predicted octanol–water partition coefficient (Wildman–Crippen LogP) is 2.52. The largest absolute Gasteiger partial charge is 0.486 e. The third-order valence-corrected chi connectivity index (χ3v) is 4.03. The molecule has 2 aromatic rings. The molecule has 3 rings (SSSR count). The molecular weight excluding hydrogens is 330 g/mol. The van der Waals surface area contributed by atoms with Crippen LogP contribution in [0.15, 0.2) is 42.5 Å². The number of hydrogen-bond acceptors (Lipinski definition) is 4. The number of nitrogens with one attached hydrogen (secondary N) is 2. The topological polar surface area (TPSA) is 62.8 Å². The molecule has 2 amide bonds. The molecule has 6 heteroatoms. The van der Waals surface area contributed by atoms with Crippen molar-refractivity contribution in [1.29, 1.82) is 0 Å². The van der Waals surface area contributed by atoms with Crippen LogP contribution in [0.3, 0.4) is 0 Å². The summed E-state index contributed by atoms with van der Waals surface area (Å²) in [5.41, 5.74) is 3.29. The lowest BCUT2D eigenvalue weighted by molar-refractivity contribution is 0.171. The van der Waals surface area contributed by atoms with E-state index in [1.54, 1.807) is 0 Å². The van der Waals surface area contributed by atoms with Gasteiger partial charge in [0.2, 0.25) is 0 Å². The number of carbonyl (C=O) groups is 1. The van der Waals surface area contributed by atoms with Crippen LogP contribution in [-0.2, 0) is 19.6 Å². The van der Waals surface area contributed by atoms with Crippen molar-refractivity contribution in [2.75, 3.05) is 27.3 Å². The highest BCUT2D eigenvalue weighted by Crippen LogP contribution is 2.30. The minimum atomic E-state index is -0.197. The molecule has 0 aromatic heterocycles. The maximum absolute atomic E-state index is 12.0. The number of nitrogens with zero attached hydrogens (tertiary/aromatic N) is 1. The van der Waals surface area contributed by atoms with Gasteiger partial charge in [-0.3, -0.25) is 0 Å². The number of urea groups is 1. The number of carbonyl (C=O) groups excluding carboxylic acids is 1. The van der Waals surface area contributed by atoms with E-state index >= 15 is 0 Å². The second-order valence-electron chi connectivity index (χ2n) is 6.57. The lowest BCUT2D eigenvalue weighted by Crippen LogP contribution is -2.34. The molecule has 0 spiro atoms. The monoisotopic (exact) mass is 355 g/mol. The maximum Gasteiger partial charge on any atom is 0.315 e. The Morgan fingerprint density at radius 2 is 1.46 bits per heavy atom. The number of fused-ring (bicyclic) bond motifs is 1. The standard InChI is InChI=1S/C20H25N3O3/c1-23(2)14-16-5-3-15(4-6-16)12-21-20(24)22-13-17-7-8-18-19(11-17)26-10-9-25-18/h3-8,11H,9-10,12-14H2,1-2H3,(H2,21,22,24). The number of ether oxygens (including phenoxy) is 2. The van der Waals surface area contributed by atoms with Crippen LogP contribution in [0.2, 0.25) is 0 Å². The van der Waals surface area contributed by atoms with Crippen molar-refractivity contribution < 1.29 is 14.3 Å². The summed E-state index contributed by atoms with van der Waals surface area (Å²) in [6.07, 6.45) is 0. The van der Waals surface area contributed by atoms with Crippen LogP contribution in [0.5, 0.6) is 11.5 Å². The van der Waals surface area contributed by atoms with Gasteiger partial charge in [0.25, 0.3) is 0 Å². The third kappa shape index (κ3) is 5.13. The summed E-state index contributed by atoms with van der Waals surface area (Å²) in [5.74, 6) is 1.48. The van der Waals surface area contributed by atoms with E-state index in [0.717, 1.165) is 29.2 Å². The van der Waals surface area contributed by atoms with Gasteiger partial charge in [-0.05, 0) is 42.9 Å².